The molecule has 0 fully saturated rings. The molecule has 0 saturated carbocycles. The Hall–Kier alpha value is -3.56. The molecule has 3 aromatic carbocycles. The van der Waals surface area contributed by atoms with E-state index in [0.29, 0.717) is 10.6 Å². The number of aryl methyl sites for hydroxylation is 1. The molecule has 1 N–H and O–H groups in total. The van der Waals surface area contributed by atoms with E-state index in [2.05, 4.69) is 10.3 Å². The highest BCUT2D eigenvalue weighted by molar-refractivity contribution is 6.42. The Balaban J connectivity index is 1.80. The second kappa shape index (κ2) is 10.2. The van der Waals surface area contributed by atoms with Gasteiger partial charge in [0.25, 0.3) is 0 Å². The lowest BCUT2D eigenvalue weighted by atomic mass is 10.1. The van der Waals surface area contributed by atoms with Crippen molar-refractivity contribution in [1.29, 1.82) is 0 Å². The molecule has 6 nitrogen and oxygen atoms in total. The number of anilines is 2. The Kier molecular flexibility index (Phi) is 7.23. The van der Waals surface area contributed by atoms with Gasteiger partial charge in [0.15, 0.2) is 0 Å². The molecule has 0 spiro atoms. The number of rotatable bonds is 6. The number of hydrogen-bond acceptors (Lipinski definition) is 4. The van der Waals surface area contributed by atoms with Gasteiger partial charge in [-0.2, -0.15) is 18.2 Å². The summed E-state index contributed by atoms with van der Waals surface area (Å²) in [4.78, 5) is 30.3. The smallest absolute Gasteiger partial charge is 0.325 e. The van der Waals surface area contributed by atoms with E-state index in [1.165, 1.54) is 22.8 Å². The van der Waals surface area contributed by atoms with Crippen LogP contribution in [0.3, 0.4) is 0 Å². The van der Waals surface area contributed by atoms with Crippen LogP contribution in [0.15, 0.2) is 76.3 Å². The van der Waals surface area contributed by atoms with Crippen LogP contribution in [0.4, 0.5) is 24.8 Å². The SMILES string of the molecule is Cc1ccc(Cn2c(Nc3cccc(C(F)(F)F)c3)nc(=O)n(Cc3ccc(Cl)c(Cl)c3)c2=O)cc1. The number of halogens is 5. The molecular formula is C25H19Cl2F3N4O2. The van der Waals surface area contributed by atoms with E-state index in [0.717, 1.165) is 27.8 Å². The predicted octanol–water partition coefficient (Wildman–Crippen LogP) is 5.88. The lowest BCUT2D eigenvalue weighted by Gasteiger charge is -2.17. The molecule has 0 unspecified atom stereocenters. The minimum absolute atomic E-state index is 0.0229. The van der Waals surface area contributed by atoms with Crippen molar-refractivity contribution < 1.29 is 13.2 Å². The van der Waals surface area contributed by atoms with Crippen LogP contribution in [-0.4, -0.2) is 14.1 Å². The summed E-state index contributed by atoms with van der Waals surface area (Å²) in [7, 11) is 0. The Morgan fingerprint density at radius 1 is 0.861 bits per heavy atom. The average molecular weight is 535 g/mol. The Labute approximate surface area is 213 Å². The first kappa shape index (κ1) is 25.5. The van der Waals surface area contributed by atoms with Gasteiger partial charge in [-0.3, -0.25) is 4.57 Å². The quantitative estimate of drug-likeness (QED) is 0.335. The fourth-order valence-electron chi connectivity index (χ4n) is 3.50. The van der Waals surface area contributed by atoms with Crippen molar-refractivity contribution >= 4 is 34.8 Å². The maximum atomic E-state index is 13.5. The molecule has 0 aliphatic carbocycles. The van der Waals surface area contributed by atoms with Crippen molar-refractivity contribution in [2.24, 2.45) is 0 Å². The topological polar surface area (TPSA) is 68.9 Å². The zero-order valence-electron chi connectivity index (χ0n) is 18.8. The zero-order chi connectivity index (χ0) is 26.0. The van der Waals surface area contributed by atoms with Gasteiger partial charge in [0.05, 0.1) is 28.7 Å². The lowest BCUT2D eigenvalue weighted by Crippen LogP contribution is -2.43. The summed E-state index contributed by atoms with van der Waals surface area (Å²) in [5.74, 6) is -0.185. The van der Waals surface area contributed by atoms with E-state index in [1.54, 1.807) is 12.1 Å². The Bertz CT molecular complexity index is 1530. The number of hydrogen-bond donors (Lipinski definition) is 1. The number of nitrogens with one attached hydrogen (secondary N) is 1. The third-order valence-electron chi connectivity index (χ3n) is 5.38. The van der Waals surface area contributed by atoms with E-state index in [9.17, 15) is 22.8 Å². The summed E-state index contributed by atoms with van der Waals surface area (Å²) in [5.41, 5.74) is -0.140. The molecule has 0 radical (unpaired) electrons. The van der Waals surface area contributed by atoms with Crippen molar-refractivity contribution in [3.05, 3.63) is 120 Å². The van der Waals surface area contributed by atoms with Crippen LogP contribution in [0.25, 0.3) is 0 Å². The van der Waals surface area contributed by atoms with Crippen molar-refractivity contribution in [1.82, 2.24) is 14.1 Å². The highest BCUT2D eigenvalue weighted by Gasteiger charge is 2.30. The standard InChI is InChI=1S/C25H19Cl2F3N4O2/c1-15-5-7-16(8-6-15)13-33-22(31-19-4-2-3-18(12-19)25(28,29)30)32-23(35)34(24(33)36)14-17-9-10-20(26)21(27)11-17/h2-12H,13-14H2,1H3,(H,31,32,35). The molecule has 0 amide bonds. The third-order valence-corrected chi connectivity index (χ3v) is 6.12. The molecule has 4 rings (SSSR count). The van der Waals surface area contributed by atoms with Crippen LogP contribution >= 0.6 is 23.2 Å². The number of benzene rings is 3. The highest BCUT2D eigenvalue weighted by Crippen LogP contribution is 2.31. The first-order valence-electron chi connectivity index (χ1n) is 10.7. The fraction of sp³-hybridized carbons (Fsp3) is 0.160. The number of nitrogens with zero attached hydrogens (tertiary/aromatic N) is 3. The monoisotopic (exact) mass is 534 g/mol. The molecule has 0 aliphatic rings. The Morgan fingerprint density at radius 3 is 2.19 bits per heavy atom. The van der Waals surface area contributed by atoms with Crippen LogP contribution < -0.4 is 16.7 Å². The van der Waals surface area contributed by atoms with Crippen molar-refractivity contribution in [2.45, 2.75) is 26.2 Å². The maximum absolute atomic E-state index is 13.5. The van der Waals surface area contributed by atoms with Crippen molar-refractivity contribution in [2.75, 3.05) is 5.32 Å². The molecule has 0 atom stereocenters. The summed E-state index contributed by atoms with van der Waals surface area (Å²) in [6, 6.07) is 16.5. The van der Waals surface area contributed by atoms with Crippen LogP contribution in [0, 0.1) is 6.92 Å². The van der Waals surface area contributed by atoms with Gasteiger partial charge in [0.1, 0.15) is 0 Å². The van der Waals surface area contributed by atoms with Crippen molar-refractivity contribution in [3.63, 3.8) is 0 Å². The summed E-state index contributed by atoms with van der Waals surface area (Å²) in [6.45, 7) is 1.81. The van der Waals surface area contributed by atoms with Gasteiger partial charge in [0.2, 0.25) is 5.95 Å². The van der Waals surface area contributed by atoms with Crippen LogP contribution in [0.1, 0.15) is 22.3 Å². The first-order valence-corrected chi connectivity index (χ1v) is 11.4. The summed E-state index contributed by atoms with van der Waals surface area (Å²) >= 11 is 12.0. The summed E-state index contributed by atoms with van der Waals surface area (Å²) in [5, 5.41) is 3.29. The largest absolute Gasteiger partial charge is 0.416 e. The highest BCUT2D eigenvalue weighted by atomic mass is 35.5. The fourth-order valence-corrected chi connectivity index (χ4v) is 3.82. The Morgan fingerprint density at radius 2 is 1.53 bits per heavy atom. The molecule has 1 aromatic heterocycles. The van der Waals surface area contributed by atoms with Gasteiger partial charge in [0, 0.05) is 5.69 Å². The lowest BCUT2D eigenvalue weighted by molar-refractivity contribution is -0.137. The van der Waals surface area contributed by atoms with E-state index in [4.69, 9.17) is 23.2 Å². The maximum Gasteiger partial charge on any atom is 0.416 e. The van der Waals surface area contributed by atoms with Crippen molar-refractivity contribution in [3.8, 4) is 0 Å². The molecule has 0 aliphatic heterocycles. The molecule has 1 heterocycles. The van der Waals surface area contributed by atoms with Crippen LogP contribution in [0.2, 0.25) is 10.0 Å². The molecule has 36 heavy (non-hydrogen) atoms. The zero-order valence-corrected chi connectivity index (χ0v) is 20.3. The molecule has 186 valence electrons. The van der Waals surface area contributed by atoms with Gasteiger partial charge < -0.3 is 5.32 Å². The minimum atomic E-state index is -4.56. The van der Waals surface area contributed by atoms with Gasteiger partial charge in [-0.15, -0.1) is 0 Å². The van der Waals surface area contributed by atoms with Gasteiger partial charge >= 0.3 is 17.6 Å². The number of alkyl halides is 3. The van der Waals surface area contributed by atoms with Gasteiger partial charge in [-0.1, -0.05) is 65.2 Å². The van der Waals surface area contributed by atoms with Crippen LogP contribution in [0.5, 0.6) is 0 Å². The molecule has 4 aromatic rings. The summed E-state index contributed by atoms with van der Waals surface area (Å²) in [6.07, 6.45) is -4.56. The van der Waals surface area contributed by atoms with E-state index < -0.39 is 23.1 Å². The van der Waals surface area contributed by atoms with E-state index in [-0.39, 0.29) is 29.7 Å². The second-order valence-corrected chi connectivity index (χ2v) is 8.92. The number of aromatic nitrogens is 3. The third kappa shape index (κ3) is 5.80. The normalized spacial score (nSPS) is 11.5. The average Bonchev–Trinajstić information content (AvgIpc) is 2.82. The minimum Gasteiger partial charge on any atom is -0.325 e. The molecule has 11 heteroatoms. The van der Waals surface area contributed by atoms with Crippen LogP contribution in [-0.2, 0) is 19.3 Å². The first-order chi connectivity index (χ1) is 17.0. The molecule has 0 saturated heterocycles. The van der Waals surface area contributed by atoms with E-state index >= 15 is 0 Å². The van der Waals surface area contributed by atoms with Gasteiger partial charge in [-0.25, -0.2) is 14.2 Å². The molecule has 0 bridgehead atoms. The second-order valence-electron chi connectivity index (χ2n) is 8.11. The molecular weight excluding hydrogens is 516 g/mol. The predicted molar refractivity (Wildman–Crippen MR) is 133 cm³/mol. The summed E-state index contributed by atoms with van der Waals surface area (Å²) < 4.78 is 41.7. The van der Waals surface area contributed by atoms with E-state index in [1.807, 2.05) is 31.2 Å². The van der Waals surface area contributed by atoms with Gasteiger partial charge in [-0.05, 0) is 48.4 Å².